The highest BCUT2D eigenvalue weighted by Gasteiger charge is 2.58. The van der Waals surface area contributed by atoms with Gasteiger partial charge in [0.2, 0.25) is 11.5 Å². The summed E-state index contributed by atoms with van der Waals surface area (Å²) in [6, 6.07) is 15.8. The lowest BCUT2D eigenvalue weighted by molar-refractivity contribution is -0.141. The number of amides is 5. The van der Waals surface area contributed by atoms with Crippen molar-refractivity contribution in [3.05, 3.63) is 65.2 Å². The fourth-order valence-electron chi connectivity index (χ4n) is 4.42. The first-order chi connectivity index (χ1) is 16.9. The van der Waals surface area contributed by atoms with Gasteiger partial charge in [-0.2, -0.15) is 5.26 Å². The van der Waals surface area contributed by atoms with Crippen LogP contribution >= 0.6 is 0 Å². The van der Waals surface area contributed by atoms with Gasteiger partial charge in [0, 0.05) is 30.8 Å². The lowest BCUT2D eigenvalue weighted by Crippen LogP contribution is -2.44. The van der Waals surface area contributed by atoms with E-state index in [1.54, 1.807) is 18.2 Å². The molecular formula is C25H25N5O5. The highest BCUT2D eigenvalue weighted by molar-refractivity contribution is 6.06. The summed E-state index contributed by atoms with van der Waals surface area (Å²) in [5, 5.41) is 14.5. The van der Waals surface area contributed by atoms with Gasteiger partial charge in [-0.15, -0.1) is 0 Å². The zero-order valence-corrected chi connectivity index (χ0v) is 19.2. The number of aryl methyl sites for hydroxylation is 1. The molecule has 0 aromatic heterocycles. The van der Waals surface area contributed by atoms with Crippen molar-refractivity contribution in [1.29, 1.82) is 5.26 Å². The zero-order chi connectivity index (χ0) is 25.0. The number of benzene rings is 2. The molecule has 4 rings (SSSR count). The predicted octanol–water partition coefficient (Wildman–Crippen LogP) is 2.50. The highest BCUT2D eigenvalue weighted by Crippen LogP contribution is 2.46. The van der Waals surface area contributed by atoms with Gasteiger partial charge in [-0.25, -0.2) is 14.5 Å². The van der Waals surface area contributed by atoms with Crippen LogP contribution in [0.1, 0.15) is 30.0 Å². The molecule has 0 saturated carbocycles. The van der Waals surface area contributed by atoms with Gasteiger partial charge in [0.1, 0.15) is 13.1 Å². The Bertz CT molecular complexity index is 1210. The van der Waals surface area contributed by atoms with E-state index < -0.39 is 30.1 Å². The Morgan fingerprint density at radius 1 is 1.20 bits per heavy atom. The number of hydrogen-bond donors (Lipinski definition) is 2. The molecule has 1 spiro atoms. The molecule has 10 heteroatoms. The van der Waals surface area contributed by atoms with Crippen molar-refractivity contribution in [3.8, 4) is 6.07 Å². The minimum atomic E-state index is -1.49. The van der Waals surface area contributed by atoms with Crippen LogP contribution in [0.3, 0.4) is 0 Å². The Kier molecular flexibility index (Phi) is 6.68. The summed E-state index contributed by atoms with van der Waals surface area (Å²) in [6.45, 7) is 1.78. The van der Waals surface area contributed by atoms with Crippen LogP contribution in [0, 0.1) is 11.3 Å². The van der Waals surface area contributed by atoms with E-state index >= 15 is 0 Å². The van der Waals surface area contributed by atoms with Crippen molar-refractivity contribution >= 4 is 29.6 Å². The van der Waals surface area contributed by atoms with Crippen molar-refractivity contribution in [3.63, 3.8) is 0 Å². The molecule has 0 unspecified atom stereocenters. The van der Waals surface area contributed by atoms with E-state index in [1.165, 1.54) is 4.90 Å². The SMILES string of the molecule is CCNC(=O)Nc1ccc2c(c1)CC[C@@]21OC(=O)N(CC(=O)N(CC#N)Cc2ccccc2)C1=O. The smallest absolute Gasteiger partial charge is 0.418 e. The van der Waals surface area contributed by atoms with E-state index in [4.69, 9.17) is 10.00 Å². The second kappa shape index (κ2) is 9.85. The van der Waals surface area contributed by atoms with Gasteiger partial charge >= 0.3 is 12.1 Å². The number of rotatable bonds is 7. The quantitative estimate of drug-likeness (QED) is 0.592. The molecule has 180 valence electrons. The van der Waals surface area contributed by atoms with Gasteiger partial charge in [0.15, 0.2) is 0 Å². The molecule has 0 radical (unpaired) electrons. The lowest BCUT2D eigenvalue weighted by atomic mass is 9.94. The molecule has 2 N–H and O–H groups in total. The normalized spacial score (nSPS) is 18.1. The molecule has 1 saturated heterocycles. The third-order valence-electron chi connectivity index (χ3n) is 6.08. The Labute approximate surface area is 202 Å². The molecule has 1 atom stereocenters. The van der Waals surface area contributed by atoms with E-state index in [-0.39, 0.29) is 25.5 Å². The van der Waals surface area contributed by atoms with Crippen molar-refractivity contribution in [2.45, 2.75) is 31.9 Å². The maximum atomic E-state index is 13.4. The summed E-state index contributed by atoms with van der Waals surface area (Å²) in [7, 11) is 0. The molecule has 1 aliphatic heterocycles. The number of imide groups is 1. The molecule has 5 amide bonds. The van der Waals surface area contributed by atoms with Gasteiger partial charge in [0.25, 0.3) is 5.91 Å². The first kappa shape index (κ1) is 23.8. The fourth-order valence-corrected chi connectivity index (χ4v) is 4.42. The molecular weight excluding hydrogens is 450 g/mol. The number of nitrogens with zero attached hydrogens (tertiary/aromatic N) is 3. The third kappa shape index (κ3) is 4.66. The maximum absolute atomic E-state index is 13.4. The molecule has 2 aliphatic rings. The summed E-state index contributed by atoms with van der Waals surface area (Å²) in [5.41, 5.74) is 1.22. The maximum Gasteiger partial charge on any atom is 0.418 e. The van der Waals surface area contributed by atoms with Crippen LogP contribution in [0.25, 0.3) is 0 Å². The molecule has 10 nitrogen and oxygen atoms in total. The van der Waals surface area contributed by atoms with Crippen molar-refractivity contribution in [1.82, 2.24) is 15.1 Å². The van der Waals surface area contributed by atoms with E-state index in [0.29, 0.717) is 24.2 Å². The van der Waals surface area contributed by atoms with E-state index in [9.17, 15) is 19.2 Å². The highest BCUT2D eigenvalue weighted by atomic mass is 16.6. The van der Waals surface area contributed by atoms with Crippen LogP contribution in [-0.2, 0) is 32.9 Å². The zero-order valence-electron chi connectivity index (χ0n) is 19.2. The van der Waals surface area contributed by atoms with Crippen LogP contribution in [0.2, 0.25) is 0 Å². The van der Waals surface area contributed by atoms with Crippen LogP contribution in [-0.4, -0.2) is 53.4 Å². The third-order valence-corrected chi connectivity index (χ3v) is 6.08. The number of urea groups is 1. The van der Waals surface area contributed by atoms with Gasteiger partial charge in [-0.05, 0) is 36.6 Å². The largest absolute Gasteiger partial charge is 0.427 e. The number of nitriles is 1. The monoisotopic (exact) mass is 475 g/mol. The summed E-state index contributed by atoms with van der Waals surface area (Å²) < 4.78 is 5.58. The number of carbonyl (C=O) groups is 4. The molecule has 0 bridgehead atoms. The summed E-state index contributed by atoms with van der Waals surface area (Å²) >= 11 is 0. The summed E-state index contributed by atoms with van der Waals surface area (Å²) in [6.07, 6.45) is -0.179. The Morgan fingerprint density at radius 3 is 2.69 bits per heavy atom. The molecule has 1 fully saturated rings. The number of ether oxygens (including phenoxy) is 1. The van der Waals surface area contributed by atoms with Gasteiger partial charge < -0.3 is 20.3 Å². The Morgan fingerprint density at radius 2 is 1.97 bits per heavy atom. The van der Waals surface area contributed by atoms with E-state index in [1.807, 2.05) is 43.3 Å². The average molecular weight is 476 g/mol. The van der Waals surface area contributed by atoms with Gasteiger partial charge in [-0.3, -0.25) is 9.59 Å². The molecule has 2 aromatic carbocycles. The minimum Gasteiger partial charge on any atom is -0.427 e. The second-order valence-electron chi connectivity index (χ2n) is 8.34. The van der Waals surface area contributed by atoms with Crippen LogP contribution in [0.5, 0.6) is 0 Å². The molecule has 1 aliphatic carbocycles. The van der Waals surface area contributed by atoms with Crippen molar-refractivity contribution < 1.29 is 23.9 Å². The summed E-state index contributed by atoms with van der Waals surface area (Å²) in [4.78, 5) is 53.0. The molecule has 35 heavy (non-hydrogen) atoms. The standard InChI is InChI=1S/C25H25N5O5/c1-2-27-23(33)28-19-8-9-20-18(14-19)10-11-25(20)22(32)30(24(34)35-25)16-21(31)29(13-12-26)15-17-6-4-3-5-7-17/h3-9,14H,2,10-11,13,15-16H2,1H3,(H2,27,28,33)/t25-/m1/s1. The van der Waals surface area contributed by atoms with Crippen LogP contribution in [0.4, 0.5) is 15.3 Å². The number of hydrogen-bond acceptors (Lipinski definition) is 6. The van der Waals surface area contributed by atoms with E-state index in [0.717, 1.165) is 16.0 Å². The number of fused-ring (bicyclic) bond motifs is 2. The first-order valence-electron chi connectivity index (χ1n) is 11.3. The van der Waals surface area contributed by atoms with E-state index in [2.05, 4.69) is 10.6 Å². The second-order valence-corrected chi connectivity index (χ2v) is 8.34. The van der Waals surface area contributed by atoms with Gasteiger partial charge in [0.05, 0.1) is 6.07 Å². The lowest BCUT2D eigenvalue weighted by Gasteiger charge is -2.23. The number of nitrogens with one attached hydrogen (secondary N) is 2. The fraction of sp³-hybridized carbons (Fsp3) is 0.320. The predicted molar refractivity (Wildman–Crippen MR) is 125 cm³/mol. The van der Waals surface area contributed by atoms with Crippen molar-refractivity contribution in [2.75, 3.05) is 25.0 Å². The van der Waals surface area contributed by atoms with Crippen molar-refractivity contribution in [2.24, 2.45) is 0 Å². The molecule has 1 heterocycles. The van der Waals surface area contributed by atoms with Gasteiger partial charge in [-0.1, -0.05) is 36.4 Å². The van der Waals surface area contributed by atoms with Crippen LogP contribution < -0.4 is 10.6 Å². The number of carbonyl (C=O) groups excluding carboxylic acids is 4. The molecule has 2 aromatic rings. The number of anilines is 1. The average Bonchev–Trinajstić information content (AvgIpc) is 3.31. The Balaban J connectivity index is 1.50. The van der Waals surface area contributed by atoms with Crippen LogP contribution in [0.15, 0.2) is 48.5 Å². The first-order valence-corrected chi connectivity index (χ1v) is 11.3. The summed E-state index contributed by atoms with van der Waals surface area (Å²) in [5.74, 6) is -1.13. The minimum absolute atomic E-state index is 0.180. The Hall–Kier alpha value is -4.39. The topological polar surface area (TPSA) is 132 Å².